The minimum absolute atomic E-state index is 0.219. The van der Waals surface area contributed by atoms with Crippen LogP contribution < -0.4 is 5.32 Å². The van der Waals surface area contributed by atoms with E-state index < -0.39 is 0 Å². The van der Waals surface area contributed by atoms with E-state index in [9.17, 15) is 0 Å². The Kier molecular flexibility index (Phi) is 3.63. The van der Waals surface area contributed by atoms with Crippen molar-refractivity contribution in [3.63, 3.8) is 0 Å². The molecule has 132 valence electrons. The van der Waals surface area contributed by atoms with E-state index in [1.165, 1.54) is 58.4 Å². The molecule has 0 saturated heterocycles. The number of rotatable bonds is 4. The number of para-hydroxylation sites is 2. The van der Waals surface area contributed by atoms with Crippen LogP contribution in [0.2, 0.25) is 0 Å². The van der Waals surface area contributed by atoms with Crippen molar-refractivity contribution in [2.75, 3.05) is 11.9 Å². The van der Waals surface area contributed by atoms with E-state index in [-0.39, 0.29) is 5.54 Å². The van der Waals surface area contributed by atoms with Gasteiger partial charge in [-0.2, -0.15) is 0 Å². The number of H-pyrrole nitrogens is 1. The molecule has 5 rings (SSSR count). The van der Waals surface area contributed by atoms with Gasteiger partial charge in [0.25, 0.3) is 0 Å². The molecule has 1 aromatic heterocycles. The Bertz CT molecular complexity index is 998. The lowest BCUT2D eigenvalue weighted by molar-refractivity contribution is 0.536. The molecule has 0 amide bonds. The quantitative estimate of drug-likeness (QED) is 0.611. The number of nitrogens with zero attached hydrogens (tertiary/aromatic N) is 1. The SMILES string of the molecule is CCCCCC12Nc3ccccc3C1=NCCc1c2[nH]c2ccccc12. The van der Waals surface area contributed by atoms with Crippen LogP contribution in [0.5, 0.6) is 0 Å². The summed E-state index contributed by atoms with van der Waals surface area (Å²) in [5, 5.41) is 5.26. The van der Waals surface area contributed by atoms with Crippen LogP contribution in [0.25, 0.3) is 10.9 Å². The van der Waals surface area contributed by atoms with E-state index in [1.54, 1.807) is 0 Å². The van der Waals surface area contributed by atoms with E-state index in [0.29, 0.717) is 0 Å². The summed E-state index contributed by atoms with van der Waals surface area (Å²) in [7, 11) is 0. The number of aliphatic imine (C=N–C) groups is 1. The first-order valence-corrected chi connectivity index (χ1v) is 9.86. The van der Waals surface area contributed by atoms with Crippen molar-refractivity contribution in [3.8, 4) is 0 Å². The highest BCUT2D eigenvalue weighted by Crippen LogP contribution is 2.46. The molecule has 3 nitrogen and oxygen atoms in total. The summed E-state index contributed by atoms with van der Waals surface area (Å²) in [4.78, 5) is 8.89. The number of anilines is 1. The average Bonchev–Trinajstić information content (AvgIpc) is 3.15. The van der Waals surface area contributed by atoms with E-state index in [1.807, 2.05) is 0 Å². The third kappa shape index (κ3) is 2.16. The third-order valence-corrected chi connectivity index (χ3v) is 5.96. The maximum Gasteiger partial charge on any atom is 0.121 e. The second-order valence-corrected chi connectivity index (χ2v) is 7.54. The predicted molar refractivity (Wildman–Crippen MR) is 109 cm³/mol. The fraction of sp³-hybridized carbons (Fsp3) is 0.348. The molecule has 3 heterocycles. The van der Waals surface area contributed by atoms with Crippen molar-refractivity contribution in [1.82, 2.24) is 4.98 Å². The number of fused-ring (bicyclic) bond motifs is 7. The molecular formula is C23H25N3. The number of hydrogen-bond donors (Lipinski definition) is 2. The summed E-state index contributed by atoms with van der Waals surface area (Å²) in [5.74, 6) is 0. The van der Waals surface area contributed by atoms with Gasteiger partial charge in [0.15, 0.2) is 0 Å². The standard InChI is InChI=1S/C23H25N3/c1-2-3-8-14-23-21(18-10-5-7-12-20(18)26-23)24-15-13-17-16-9-4-6-11-19(16)25-22(17)23/h4-7,9-12,25-26H,2-3,8,13-15H2,1H3. The van der Waals surface area contributed by atoms with Gasteiger partial charge >= 0.3 is 0 Å². The number of hydrogen-bond acceptors (Lipinski definition) is 2. The molecule has 0 spiro atoms. The molecule has 1 atom stereocenters. The molecule has 3 aromatic rings. The van der Waals surface area contributed by atoms with Crippen molar-refractivity contribution in [1.29, 1.82) is 0 Å². The van der Waals surface area contributed by atoms with Crippen LogP contribution in [0.1, 0.15) is 49.4 Å². The molecule has 2 aliphatic heterocycles. The zero-order chi connectivity index (χ0) is 17.6. The van der Waals surface area contributed by atoms with E-state index in [2.05, 4.69) is 65.8 Å². The number of aromatic nitrogens is 1. The largest absolute Gasteiger partial charge is 0.369 e. The fourth-order valence-electron chi connectivity index (χ4n) is 4.77. The van der Waals surface area contributed by atoms with E-state index in [4.69, 9.17) is 4.99 Å². The summed E-state index contributed by atoms with van der Waals surface area (Å²) in [6.07, 6.45) is 5.76. The lowest BCUT2D eigenvalue weighted by atomic mass is 9.82. The second kappa shape index (κ2) is 6.01. The van der Waals surface area contributed by atoms with Crippen LogP contribution in [0.3, 0.4) is 0 Å². The lowest BCUT2D eigenvalue weighted by Gasteiger charge is -2.31. The fourth-order valence-corrected chi connectivity index (χ4v) is 4.77. The zero-order valence-electron chi connectivity index (χ0n) is 15.3. The van der Waals surface area contributed by atoms with Crippen LogP contribution >= 0.6 is 0 Å². The molecule has 0 fully saturated rings. The average molecular weight is 343 g/mol. The van der Waals surface area contributed by atoms with Crippen LogP contribution in [-0.2, 0) is 12.0 Å². The molecule has 2 aliphatic rings. The van der Waals surface area contributed by atoms with Gasteiger partial charge in [0.05, 0.1) is 11.4 Å². The topological polar surface area (TPSA) is 40.2 Å². The first-order valence-electron chi connectivity index (χ1n) is 9.86. The van der Waals surface area contributed by atoms with Crippen molar-refractivity contribution in [2.45, 2.75) is 44.6 Å². The van der Waals surface area contributed by atoms with Crippen molar-refractivity contribution >= 4 is 22.3 Å². The Labute approximate surface area is 154 Å². The lowest BCUT2D eigenvalue weighted by Crippen LogP contribution is -2.39. The number of aromatic amines is 1. The number of nitrogens with one attached hydrogen (secondary N) is 2. The van der Waals surface area contributed by atoms with Gasteiger partial charge in [-0.25, -0.2) is 0 Å². The molecule has 0 saturated carbocycles. The van der Waals surface area contributed by atoms with Gasteiger partial charge in [-0.3, -0.25) is 4.99 Å². The van der Waals surface area contributed by atoms with E-state index in [0.717, 1.165) is 19.4 Å². The minimum Gasteiger partial charge on any atom is -0.369 e. The molecule has 1 unspecified atom stereocenters. The molecule has 0 bridgehead atoms. The molecular weight excluding hydrogens is 318 g/mol. The van der Waals surface area contributed by atoms with Crippen LogP contribution in [0.15, 0.2) is 53.5 Å². The molecule has 0 aliphatic carbocycles. The first-order chi connectivity index (χ1) is 12.8. The summed E-state index contributed by atoms with van der Waals surface area (Å²) in [6.45, 7) is 3.13. The van der Waals surface area contributed by atoms with Crippen molar-refractivity contribution < 1.29 is 0 Å². The Morgan fingerprint density at radius 3 is 2.81 bits per heavy atom. The van der Waals surface area contributed by atoms with Crippen LogP contribution in [0.4, 0.5) is 5.69 Å². The van der Waals surface area contributed by atoms with Gasteiger partial charge in [-0.05, 0) is 30.5 Å². The van der Waals surface area contributed by atoms with Gasteiger partial charge in [0.1, 0.15) is 5.54 Å². The maximum atomic E-state index is 5.11. The van der Waals surface area contributed by atoms with Gasteiger partial charge in [-0.15, -0.1) is 0 Å². The smallest absolute Gasteiger partial charge is 0.121 e. The predicted octanol–water partition coefficient (Wildman–Crippen LogP) is 5.41. The molecule has 2 aromatic carbocycles. The normalized spacial score (nSPS) is 20.7. The Morgan fingerprint density at radius 2 is 1.88 bits per heavy atom. The molecule has 2 N–H and O–H groups in total. The Balaban J connectivity index is 1.74. The van der Waals surface area contributed by atoms with Gasteiger partial charge in [-0.1, -0.05) is 62.6 Å². The van der Waals surface area contributed by atoms with Gasteiger partial charge < -0.3 is 10.3 Å². The molecule has 26 heavy (non-hydrogen) atoms. The monoisotopic (exact) mass is 343 g/mol. The summed E-state index contributed by atoms with van der Waals surface area (Å²) in [6, 6.07) is 17.4. The van der Waals surface area contributed by atoms with E-state index >= 15 is 0 Å². The molecule has 3 heteroatoms. The second-order valence-electron chi connectivity index (χ2n) is 7.54. The highest BCUT2D eigenvalue weighted by Gasteiger charge is 2.47. The highest BCUT2D eigenvalue weighted by molar-refractivity contribution is 6.17. The first kappa shape index (κ1) is 15.7. The maximum absolute atomic E-state index is 5.11. The summed E-state index contributed by atoms with van der Waals surface area (Å²) >= 11 is 0. The highest BCUT2D eigenvalue weighted by atomic mass is 15.1. The van der Waals surface area contributed by atoms with Crippen molar-refractivity contribution in [2.24, 2.45) is 4.99 Å². The third-order valence-electron chi connectivity index (χ3n) is 5.96. The van der Waals surface area contributed by atoms with Crippen molar-refractivity contribution in [3.05, 3.63) is 65.4 Å². The Hall–Kier alpha value is -2.55. The van der Waals surface area contributed by atoms with Crippen LogP contribution in [-0.4, -0.2) is 17.2 Å². The van der Waals surface area contributed by atoms with Gasteiger partial charge in [0.2, 0.25) is 0 Å². The summed E-state index contributed by atoms with van der Waals surface area (Å²) in [5.41, 5.74) is 7.52. The van der Waals surface area contributed by atoms with Gasteiger partial charge in [0, 0.05) is 28.7 Å². The zero-order valence-corrected chi connectivity index (χ0v) is 15.3. The Morgan fingerprint density at radius 1 is 1.04 bits per heavy atom. The van der Waals surface area contributed by atoms with Crippen LogP contribution in [0, 0.1) is 0 Å². The minimum atomic E-state index is -0.219. The number of benzene rings is 2. The number of unbranched alkanes of at least 4 members (excludes halogenated alkanes) is 2. The summed E-state index contributed by atoms with van der Waals surface area (Å²) < 4.78 is 0. The molecule has 0 radical (unpaired) electrons.